The van der Waals surface area contributed by atoms with Crippen molar-refractivity contribution in [3.8, 4) is 0 Å². The molecule has 0 atom stereocenters. The molecule has 1 aliphatic rings. The number of thioether (sulfide) groups is 1. The van der Waals surface area contributed by atoms with Gasteiger partial charge in [-0.15, -0.1) is 5.10 Å². The van der Waals surface area contributed by atoms with E-state index in [4.69, 9.17) is 0 Å². The zero-order chi connectivity index (χ0) is 16.2. The molecular weight excluding hydrogens is 314 g/mol. The third kappa shape index (κ3) is 4.10. The van der Waals surface area contributed by atoms with Gasteiger partial charge in [0, 0.05) is 24.2 Å². The average molecular weight is 331 g/mol. The third-order valence-corrected chi connectivity index (χ3v) is 4.28. The molecule has 0 saturated heterocycles. The molecule has 1 aromatic heterocycles. The average Bonchev–Trinajstić information content (AvgIpc) is 3.31. The lowest BCUT2D eigenvalue weighted by atomic mass is 10.2. The summed E-state index contributed by atoms with van der Waals surface area (Å²) in [5.74, 6) is 1.37. The van der Waals surface area contributed by atoms with Gasteiger partial charge in [0.05, 0.1) is 5.75 Å². The number of carbonyl (C=O) groups excluding carboxylic acids is 2. The van der Waals surface area contributed by atoms with E-state index in [1.54, 1.807) is 31.3 Å². The maximum absolute atomic E-state index is 11.9. The first kappa shape index (κ1) is 15.5. The lowest BCUT2D eigenvalue weighted by molar-refractivity contribution is -0.113. The number of benzene rings is 1. The number of nitrogens with zero attached hydrogens (tertiary/aromatic N) is 2. The predicted octanol–water partition coefficient (Wildman–Crippen LogP) is 1.77. The molecule has 0 radical (unpaired) electrons. The van der Waals surface area contributed by atoms with E-state index in [9.17, 15) is 9.59 Å². The molecule has 2 aromatic rings. The molecule has 120 valence electrons. The molecule has 7 nitrogen and oxygen atoms in total. The predicted molar refractivity (Wildman–Crippen MR) is 87.5 cm³/mol. The van der Waals surface area contributed by atoms with Gasteiger partial charge in [-0.3, -0.25) is 14.7 Å². The SMILES string of the molecule is CNC(=O)c1ccc(NC(=O)CSc2n[nH]c(C3CC3)n2)cc1. The molecule has 1 aromatic carbocycles. The van der Waals surface area contributed by atoms with Crippen molar-refractivity contribution in [3.63, 3.8) is 0 Å². The minimum atomic E-state index is -0.158. The Hall–Kier alpha value is -2.35. The topological polar surface area (TPSA) is 99.8 Å². The number of nitrogens with one attached hydrogen (secondary N) is 3. The lowest BCUT2D eigenvalue weighted by Gasteiger charge is -2.05. The van der Waals surface area contributed by atoms with Gasteiger partial charge in [0.2, 0.25) is 11.1 Å². The van der Waals surface area contributed by atoms with Gasteiger partial charge in [0.1, 0.15) is 5.82 Å². The first-order valence-electron chi connectivity index (χ1n) is 7.33. The molecule has 23 heavy (non-hydrogen) atoms. The second-order valence-corrected chi connectivity index (χ2v) is 6.21. The maximum Gasteiger partial charge on any atom is 0.251 e. The van der Waals surface area contributed by atoms with Crippen LogP contribution in [0.1, 0.15) is 34.9 Å². The van der Waals surface area contributed by atoms with Gasteiger partial charge in [-0.1, -0.05) is 11.8 Å². The number of anilines is 1. The van der Waals surface area contributed by atoms with Crippen LogP contribution in [-0.4, -0.2) is 39.8 Å². The Kier molecular flexibility index (Phi) is 4.61. The Bertz CT molecular complexity index is 709. The molecule has 0 aliphatic heterocycles. The van der Waals surface area contributed by atoms with Crippen LogP contribution >= 0.6 is 11.8 Å². The smallest absolute Gasteiger partial charge is 0.251 e. The van der Waals surface area contributed by atoms with E-state index in [0.29, 0.717) is 22.3 Å². The van der Waals surface area contributed by atoms with Gasteiger partial charge in [-0.05, 0) is 37.1 Å². The van der Waals surface area contributed by atoms with Crippen molar-refractivity contribution in [2.24, 2.45) is 0 Å². The first-order chi connectivity index (χ1) is 11.2. The summed E-state index contributed by atoms with van der Waals surface area (Å²) in [4.78, 5) is 27.7. The number of hydrogen-bond acceptors (Lipinski definition) is 5. The van der Waals surface area contributed by atoms with E-state index in [2.05, 4.69) is 25.8 Å². The summed E-state index contributed by atoms with van der Waals surface area (Å²) < 4.78 is 0. The molecule has 3 N–H and O–H groups in total. The minimum Gasteiger partial charge on any atom is -0.355 e. The van der Waals surface area contributed by atoms with Gasteiger partial charge < -0.3 is 10.6 Å². The van der Waals surface area contributed by atoms with Gasteiger partial charge in [-0.2, -0.15) is 0 Å². The van der Waals surface area contributed by atoms with Crippen molar-refractivity contribution in [1.29, 1.82) is 0 Å². The van der Waals surface area contributed by atoms with Crippen LogP contribution in [0.2, 0.25) is 0 Å². The first-order valence-corrected chi connectivity index (χ1v) is 8.31. The molecule has 1 fully saturated rings. The number of carbonyl (C=O) groups is 2. The van der Waals surface area contributed by atoms with Gasteiger partial charge >= 0.3 is 0 Å². The Balaban J connectivity index is 1.49. The normalized spacial score (nSPS) is 13.6. The molecular formula is C15H17N5O2S. The highest BCUT2D eigenvalue weighted by Crippen LogP contribution is 2.38. The van der Waals surface area contributed by atoms with E-state index in [1.807, 2.05) is 0 Å². The van der Waals surface area contributed by atoms with Crippen molar-refractivity contribution < 1.29 is 9.59 Å². The second kappa shape index (κ2) is 6.82. The van der Waals surface area contributed by atoms with Crippen molar-refractivity contribution in [2.45, 2.75) is 23.9 Å². The summed E-state index contributed by atoms with van der Waals surface area (Å²) in [6, 6.07) is 6.73. The van der Waals surface area contributed by atoms with E-state index in [0.717, 1.165) is 18.7 Å². The van der Waals surface area contributed by atoms with Crippen molar-refractivity contribution in [1.82, 2.24) is 20.5 Å². The quantitative estimate of drug-likeness (QED) is 0.701. The zero-order valence-electron chi connectivity index (χ0n) is 12.6. The minimum absolute atomic E-state index is 0.138. The standard InChI is InChI=1S/C15H17N5O2S/c1-16-14(22)10-4-6-11(7-5-10)17-12(21)8-23-15-18-13(19-20-15)9-2-3-9/h4-7,9H,2-3,8H2,1H3,(H,16,22)(H,17,21)(H,18,19,20). The van der Waals surface area contributed by atoms with E-state index in [-0.39, 0.29) is 17.6 Å². The van der Waals surface area contributed by atoms with Crippen LogP contribution < -0.4 is 10.6 Å². The summed E-state index contributed by atoms with van der Waals surface area (Å²) in [6.45, 7) is 0. The summed E-state index contributed by atoms with van der Waals surface area (Å²) in [5, 5.41) is 12.9. The number of hydrogen-bond donors (Lipinski definition) is 3. The Morgan fingerprint density at radius 1 is 1.30 bits per heavy atom. The highest BCUT2D eigenvalue weighted by Gasteiger charge is 2.27. The molecule has 1 heterocycles. The van der Waals surface area contributed by atoms with Crippen LogP contribution in [0.3, 0.4) is 0 Å². The van der Waals surface area contributed by atoms with Crippen molar-refractivity contribution in [3.05, 3.63) is 35.7 Å². The Morgan fingerprint density at radius 3 is 2.70 bits per heavy atom. The molecule has 0 unspecified atom stereocenters. The van der Waals surface area contributed by atoms with Gasteiger partial charge in [-0.25, -0.2) is 4.98 Å². The van der Waals surface area contributed by atoms with Crippen LogP contribution in [-0.2, 0) is 4.79 Å². The van der Waals surface area contributed by atoms with Gasteiger partial charge in [0.25, 0.3) is 5.91 Å². The molecule has 2 amide bonds. The van der Waals surface area contributed by atoms with E-state index >= 15 is 0 Å². The summed E-state index contributed by atoms with van der Waals surface area (Å²) >= 11 is 1.30. The maximum atomic E-state index is 11.9. The van der Waals surface area contributed by atoms with Crippen molar-refractivity contribution in [2.75, 3.05) is 18.1 Å². The van der Waals surface area contributed by atoms with Crippen LogP contribution in [0, 0.1) is 0 Å². The zero-order valence-corrected chi connectivity index (χ0v) is 13.4. The summed E-state index contributed by atoms with van der Waals surface area (Å²) in [6.07, 6.45) is 2.32. The number of H-pyrrole nitrogens is 1. The molecule has 1 aliphatic carbocycles. The number of aromatic nitrogens is 3. The fourth-order valence-electron chi connectivity index (χ4n) is 2.04. The molecule has 0 bridgehead atoms. The third-order valence-electron chi connectivity index (χ3n) is 3.44. The molecule has 8 heteroatoms. The number of rotatable bonds is 6. The van der Waals surface area contributed by atoms with Crippen LogP contribution in [0.5, 0.6) is 0 Å². The highest BCUT2D eigenvalue weighted by molar-refractivity contribution is 7.99. The number of amides is 2. The summed E-state index contributed by atoms with van der Waals surface area (Å²) in [5.41, 5.74) is 1.20. The lowest BCUT2D eigenvalue weighted by Crippen LogP contribution is -2.18. The fourth-order valence-corrected chi connectivity index (χ4v) is 2.64. The Labute approximate surface area is 137 Å². The van der Waals surface area contributed by atoms with E-state index in [1.165, 1.54) is 11.8 Å². The molecule has 3 rings (SSSR count). The van der Waals surface area contributed by atoms with Crippen molar-refractivity contribution >= 4 is 29.3 Å². The monoisotopic (exact) mass is 331 g/mol. The van der Waals surface area contributed by atoms with E-state index < -0.39 is 0 Å². The highest BCUT2D eigenvalue weighted by atomic mass is 32.2. The molecule has 0 spiro atoms. The largest absolute Gasteiger partial charge is 0.355 e. The Morgan fingerprint density at radius 2 is 2.04 bits per heavy atom. The second-order valence-electron chi connectivity index (χ2n) is 5.27. The molecule has 1 saturated carbocycles. The van der Waals surface area contributed by atoms with Crippen LogP contribution in [0.4, 0.5) is 5.69 Å². The van der Waals surface area contributed by atoms with Gasteiger partial charge in [0.15, 0.2) is 0 Å². The summed E-state index contributed by atoms with van der Waals surface area (Å²) in [7, 11) is 1.58. The van der Waals surface area contributed by atoms with Crippen LogP contribution in [0.25, 0.3) is 0 Å². The fraction of sp³-hybridized carbons (Fsp3) is 0.333. The van der Waals surface area contributed by atoms with Crippen LogP contribution in [0.15, 0.2) is 29.4 Å². The number of aromatic amines is 1.